The van der Waals surface area contributed by atoms with Crippen LogP contribution in [0.1, 0.15) is 26.2 Å². The second-order valence-electron chi connectivity index (χ2n) is 3.19. The molecule has 11 heavy (non-hydrogen) atoms. The number of amides is 1. The van der Waals surface area contributed by atoms with E-state index in [0.717, 1.165) is 0 Å². The molecule has 1 atom stereocenters. The van der Waals surface area contributed by atoms with Crippen LogP contribution in [0.15, 0.2) is 12.7 Å². The zero-order valence-corrected chi connectivity index (χ0v) is 6.97. The van der Waals surface area contributed by atoms with Gasteiger partial charge in [0.25, 0.3) is 0 Å². The molecule has 1 unspecified atom stereocenters. The maximum atomic E-state index is 10.8. The summed E-state index contributed by atoms with van der Waals surface area (Å²) in [7, 11) is 0. The second kappa shape index (κ2) is 3.56. The molecule has 0 heterocycles. The third-order valence-electron chi connectivity index (χ3n) is 2.41. The quantitative estimate of drug-likeness (QED) is 0.611. The van der Waals surface area contributed by atoms with Gasteiger partial charge >= 0.3 is 0 Å². The number of nitrogens with one attached hydrogen (secondary N) is 1. The van der Waals surface area contributed by atoms with Gasteiger partial charge in [-0.1, -0.05) is 13.0 Å². The highest BCUT2D eigenvalue weighted by atomic mass is 16.1. The first-order valence-corrected chi connectivity index (χ1v) is 4.17. The SMILES string of the molecule is C=CC(=O)NC(C)C1CCC1. The average Bonchev–Trinajstić information content (AvgIpc) is 1.83. The second-order valence-corrected chi connectivity index (χ2v) is 3.19. The van der Waals surface area contributed by atoms with E-state index in [1.807, 2.05) is 0 Å². The van der Waals surface area contributed by atoms with E-state index in [1.165, 1.54) is 25.3 Å². The van der Waals surface area contributed by atoms with E-state index >= 15 is 0 Å². The Hall–Kier alpha value is -0.790. The fraction of sp³-hybridized carbons (Fsp3) is 0.667. The van der Waals surface area contributed by atoms with Gasteiger partial charge in [-0.15, -0.1) is 0 Å². The van der Waals surface area contributed by atoms with Gasteiger partial charge < -0.3 is 5.32 Å². The monoisotopic (exact) mass is 153 g/mol. The summed E-state index contributed by atoms with van der Waals surface area (Å²) in [6.07, 6.45) is 5.17. The Labute approximate surface area is 67.7 Å². The largest absolute Gasteiger partial charge is 0.350 e. The van der Waals surface area contributed by atoms with Crippen molar-refractivity contribution in [3.63, 3.8) is 0 Å². The highest BCUT2D eigenvalue weighted by Gasteiger charge is 2.24. The van der Waals surface area contributed by atoms with Gasteiger partial charge in [-0.05, 0) is 31.8 Å². The van der Waals surface area contributed by atoms with E-state index in [4.69, 9.17) is 0 Å². The molecule has 2 nitrogen and oxygen atoms in total. The van der Waals surface area contributed by atoms with Crippen LogP contribution in [-0.4, -0.2) is 11.9 Å². The first-order chi connectivity index (χ1) is 5.24. The summed E-state index contributed by atoms with van der Waals surface area (Å²) in [5, 5.41) is 2.87. The van der Waals surface area contributed by atoms with Gasteiger partial charge in [-0.3, -0.25) is 4.79 Å². The summed E-state index contributed by atoms with van der Waals surface area (Å²) in [6, 6.07) is 0.328. The molecule has 0 saturated heterocycles. The van der Waals surface area contributed by atoms with Crippen LogP contribution in [0, 0.1) is 5.92 Å². The Morgan fingerprint density at radius 3 is 2.73 bits per heavy atom. The molecule has 1 saturated carbocycles. The highest BCUT2D eigenvalue weighted by Crippen LogP contribution is 2.29. The Morgan fingerprint density at radius 1 is 1.73 bits per heavy atom. The molecule has 1 rings (SSSR count). The number of carbonyl (C=O) groups excluding carboxylic acids is 1. The van der Waals surface area contributed by atoms with E-state index in [0.29, 0.717) is 12.0 Å². The van der Waals surface area contributed by atoms with Crippen LogP contribution in [0.25, 0.3) is 0 Å². The van der Waals surface area contributed by atoms with Crippen molar-refractivity contribution in [2.24, 2.45) is 5.92 Å². The number of carbonyl (C=O) groups is 1. The molecule has 0 bridgehead atoms. The van der Waals surface area contributed by atoms with Crippen LogP contribution in [0.3, 0.4) is 0 Å². The van der Waals surface area contributed by atoms with Crippen LogP contribution in [0.2, 0.25) is 0 Å². The fourth-order valence-corrected chi connectivity index (χ4v) is 1.34. The number of rotatable bonds is 3. The molecular formula is C9H15NO. The number of hydrogen-bond acceptors (Lipinski definition) is 1. The lowest BCUT2D eigenvalue weighted by molar-refractivity contribution is -0.117. The van der Waals surface area contributed by atoms with E-state index in [2.05, 4.69) is 18.8 Å². The minimum Gasteiger partial charge on any atom is -0.350 e. The van der Waals surface area contributed by atoms with Crippen LogP contribution >= 0.6 is 0 Å². The molecule has 1 N–H and O–H groups in total. The first-order valence-electron chi connectivity index (χ1n) is 4.17. The minimum absolute atomic E-state index is 0.0515. The molecule has 0 radical (unpaired) electrons. The molecule has 0 aliphatic heterocycles. The van der Waals surface area contributed by atoms with Crippen LogP contribution in [0.5, 0.6) is 0 Å². The topological polar surface area (TPSA) is 29.1 Å². The molecule has 1 aliphatic rings. The van der Waals surface area contributed by atoms with Crippen molar-refractivity contribution in [3.05, 3.63) is 12.7 Å². The number of hydrogen-bond donors (Lipinski definition) is 1. The Balaban J connectivity index is 2.24. The molecule has 0 spiro atoms. The Morgan fingerprint density at radius 2 is 2.36 bits per heavy atom. The van der Waals surface area contributed by atoms with Gasteiger partial charge in [-0.2, -0.15) is 0 Å². The van der Waals surface area contributed by atoms with E-state index in [-0.39, 0.29) is 5.91 Å². The lowest BCUT2D eigenvalue weighted by Crippen LogP contribution is -2.39. The van der Waals surface area contributed by atoms with Crippen LogP contribution in [0.4, 0.5) is 0 Å². The first kappa shape index (κ1) is 8.31. The molecule has 0 aromatic rings. The van der Waals surface area contributed by atoms with Crippen molar-refractivity contribution < 1.29 is 4.79 Å². The molecule has 1 amide bonds. The molecule has 1 aliphatic carbocycles. The summed E-state index contributed by atoms with van der Waals surface area (Å²) in [4.78, 5) is 10.8. The summed E-state index contributed by atoms with van der Waals surface area (Å²) >= 11 is 0. The Kier molecular flexibility index (Phi) is 2.69. The van der Waals surface area contributed by atoms with Crippen molar-refractivity contribution in [2.75, 3.05) is 0 Å². The van der Waals surface area contributed by atoms with Gasteiger partial charge in [-0.25, -0.2) is 0 Å². The van der Waals surface area contributed by atoms with Crippen molar-refractivity contribution in [3.8, 4) is 0 Å². The van der Waals surface area contributed by atoms with E-state index in [9.17, 15) is 4.79 Å². The summed E-state index contributed by atoms with van der Waals surface area (Å²) in [5.74, 6) is 0.656. The van der Waals surface area contributed by atoms with E-state index < -0.39 is 0 Å². The zero-order valence-electron chi connectivity index (χ0n) is 6.97. The normalized spacial score (nSPS) is 20.1. The maximum absolute atomic E-state index is 10.8. The van der Waals surface area contributed by atoms with Gasteiger partial charge in [0.2, 0.25) is 5.91 Å². The van der Waals surface area contributed by atoms with E-state index in [1.54, 1.807) is 0 Å². The molecule has 1 fully saturated rings. The Bertz CT molecular complexity index is 161. The molecule has 0 aromatic heterocycles. The van der Waals surface area contributed by atoms with Crippen molar-refractivity contribution in [1.82, 2.24) is 5.32 Å². The van der Waals surface area contributed by atoms with Gasteiger partial charge in [0, 0.05) is 6.04 Å². The molecule has 2 heteroatoms. The molecule has 0 aromatic carbocycles. The zero-order chi connectivity index (χ0) is 8.27. The lowest BCUT2D eigenvalue weighted by atomic mass is 9.80. The third-order valence-corrected chi connectivity index (χ3v) is 2.41. The van der Waals surface area contributed by atoms with Gasteiger partial charge in [0.05, 0.1) is 0 Å². The average molecular weight is 153 g/mol. The van der Waals surface area contributed by atoms with Crippen LogP contribution < -0.4 is 5.32 Å². The van der Waals surface area contributed by atoms with Crippen molar-refractivity contribution >= 4 is 5.91 Å². The third kappa shape index (κ3) is 2.07. The fourth-order valence-electron chi connectivity index (χ4n) is 1.34. The van der Waals surface area contributed by atoms with Crippen LogP contribution in [-0.2, 0) is 4.79 Å². The smallest absolute Gasteiger partial charge is 0.243 e. The predicted molar refractivity (Wildman–Crippen MR) is 45.1 cm³/mol. The van der Waals surface area contributed by atoms with Crippen molar-refractivity contribution in [1.29, 1.82) is 0 Å². The van der Waals surface area contributed by atoms with Gasteiger partial charge in [0.1, 0.15) is 0 Å². The maximum Gasteiger partial charge on any atom is 0.243 e. The standard InChI is InChI=1S/C9H15NO/c1-3-9(11)10-7(2)8-5-4-6-8/h3,7-8H,1,4-6H2,2H3,(H,10,11). The summed E-state index contributed by atoms with van der Waals surface area (Å²) < 4.78 is 0. The lowest BCUT2D eigenvalue weighted by Gasteiger charge is -2.31. The van der Waals surface area contributed by atoms with Gasteiger partial charge in [0.15, 0.2) is 0 Å². The summed E-state index contributed by atoms with van der Waals surface area (Å²) in [5.41, 5.74) is 0. The molecule has 62 valence electrons. The van der Waals surface area contributed by atoms with Crippen molar-refractivity contribution in [2.45, 2.75) is 32.2 Å². The minimum atomic E-state index is -0.0515. The highest BCUT2D eigenvalue weighted by molar-refractivity contribution is 5.87. The molecular weight excluding hydrogens is 138 g/mol. The summed E-state index contributed by atoms with van der Waals surface area (Å²) in [6.45, 7) is 5.47. The predicted octanol–water partition coefficient (Wildman–Crippen LogP) is 1.48.